The van der Waals surface area contributed by atoms with Crippen molar-refractivity contribution in [2.24, 2.45) is 0 Å². The second-order valence-corrected chi connectivity index (χ2v) is 7.27. The number of fused-ring (bicyclic) bond motifs is 2. The van der Waals surface area contributed by atoms with Gasteiger partial charge in [-0.1, -0.05) is 11.6 Å². The molecule has 136 valence electrons. The van der Waals surface area contributed by atoms with Gasteiger partial charge in [0.05, 0.1) is 5.69 Å². The summed E-state index contributed by atoms with van der Waals surface area (Å²) in [4.78, 5) is 6.33. The molecule has 7 nitrogen and oxygen atoms in total. The van der Waals surface area contributed by atoms with Gasteiger partial charge < -0.3 is 14.5 Å². The first-order valence-electron chi connectivity index (χ1n) is 6.90. The van der Waals surface area contributed by atoms with Crippen LogP contribution in [0.2, 0.25) is 5.15 Å². The SMILES string of the molecule is O=S(=O)(Nc1cc2c(cc1F)OC(F)(F)O2)c1c[nH]c2nc(Cl)ccc12. The smallest absolute Gasteiger partial charge is 0.395 e. The fraction of sp³-hybridized carbons (Fsp3) is 0.0714. The van der Waals surface area contributed by atoms with E-state index >= 15 is 0 Å². The summed E-state index contributed by atoms with van der Waals surface area (Å²) in [6.45, 7) is 0. The quantitative estimate of drug-likeness (QED) is 0.651. The molecular formula is C14H7ClF3N3O4S. The standard InChI is InChI=1S/C14H7ClF3N3O4S/c15-12-2-1-6-11(5-19-13(6)20-12)26(22,23)21-8-4-10-9(3-7(8)16)24-14(17,18)25-10/h1-5,21H,(H,19,20). The van der Waals surface area contributed by atoms with Crippen molar-refractivity contribution < 1.29 is 31.1 Å². The molecule has 4 rings (SSSR count). The first-order valence-corrected chi connectivity index (χ1v) is 8.77. The summed E-state index contributed by atoms with van der Waals surface area (Å²) in [5.41, 5.74) is -0.370. The molecule has 1 aromatic carbocycles. The lowest BCUT2D eigenvalue weighted by Crippen LogP contribution is -2.25. The van der Waals surface area contributed by atoms with E-state index in [2.05, 4.69) is 19.4 Å². The number of anilines is 1. The van der Waals surface area contributed by atoms with Crippen molar-refractivity contribution in [2.45, 2.75) is 11.2 Å². The molecule has 3 aromatic rings. The Hall–Kier alpha value is -2.66. The van der Waals surface area contributed by atoms with E-state index in [1.807, 2.05) is 4.72 Å². The van der Waals surface area contributed by atoms with Crippen LogP contribution in [0.15, 0.2) is 35.4 Å². The highest BCUT2D eigenvalue weighted by Gasteiger charge is 2.44. The first kappa shape index (κ1) is 16.8. The number of ether oxygens (including phenoxy) is 2. The van der Waals surface area contributed by atoms with E-state index in [9.17, 15) is 21.6 Å². The summed E-state index contributed by atoms with van der Waals surface area (Å²) in [5, 5.41) is 0.369. The molecule has 0 unspecified atom stereocenters. The molecule has 26 heavy (non-hydrogen) atoms. The fourth-order valence-electron chi connectivity index (χ4n) is 2.43. The Labute approximate surface area is 148 Å². The maximum Gasteiger partial charge on any atom is 0.586 e. The van der Waals surface area contributed by atoms with Gasteiger partial charge in [0.15, 0.2) is 17.3 Å². The van der Waals surface area contributed by atoms with Crippen LogP contribution in [0.1, 0.15) is 0 Å². The lowest BCUT2D eigenvalue weighted by Gasteiger charge is -2.09. The van der Waals surface area contributed by atoms with Crippen molar-refractivity contribution in [1.29, 1.82) is 0 Å². The predicted molar refractivity (Wildman–Crippen MR) is 84.5 cm³/mol. The number of nitrogens with one attached hydrogen (secondary N) is 2. The molecule has 0 bridgehead atoms. The zero-order chi connectivity index (χ0) is 18.7. The van der Waals surface area contributed by atoms with E-state index in [4.69, 9.17) is 11.6 Å². The van der Waals surface area contributed by atoms with Gasteiger partial charge in [-0.05, 0) is 12.1 Å². The van der Waals surface area contributed by atoms with Gasteiger partial charge in [0, 0.05) is 23.7 Å². The van der Waals surface area contributed by atoms with Gasteiger partial charge in [-0.3, -0.25) is 4.72 Å². The predicted octanol–water partition coefficient (Wildman–Crippen LogP) is 3.48. The number of hydrogen-bond donors (Lipinski definition) is 2. The van der Waals surface area contributed by atoms with E-state index in [1.54, 1.807) is 0 Å². The monoisotopic (exact) mass is 405 g/mol. The van der Waals surface area contributed by atoms with Crippen molar-refractivity contribution in [3.8, 4) is 11.5 Å². The van der Waals surface area contributed by atoms with Crippen molar-refractivity contribution in [1.82, 2.24) is 9.97 Å². The van der Waals surface area contributed by atoms with Crippen molar-refractivity contribution >= 4 is 38.3 Å². The van der Waals surface area contributed by atoms with E-state index < -0.39 is 39.3 Å². The zero-order valence-electron chi connectivity index (χ0n) is 12.4. The van der Waals surface area contributed by atoms with Gasteiger partial charge in [0.1, 0.15) is 15.7 Å². The average Bonchev–Trinajstić information content (AvgIpc) is 3.06. The summed E-state index contributed by atoms with van der Waals surface area (Å²) in [7, 11) is -4.27. The number of sulfonamides is 1. The van der Waals surface area contributed by atoms with Gasteiger partial charge in [-0.15, -0.1) is 8.78 Å². The third-order valence-electron chi connectivity index (χ3n) is 3.49. The van der Waals surface area contributed by atoms with Gasteiger partial charge in [0.2, 0.25) is 0 Å². The molecular weight excluding hydrogens is 399 g/mol. The Balaban J connectivity index is 1.73. The number of hydrogen-bond acceptors (Lipinski definition) is 5. The molecule has 1 aliphatic rings. The molecule has 0 radical (unpaired) electrons. The van der Waals surface area contributed by atoms with Crippen molar-refractivity contribution in [2.75, 3.05) is 4.72 Å². The molecule has 12 heteroatoms. The maximum absolute atomic E-state index is 14.1. The van der Waals surface area contributed by atoms with Gasteiger partial charge >= 0.3 is 6.29 Å². The highest BCUT2D eigenvalue weighted by molar-refractivity contribution is 7.93. The lowest BCUT2D eigenvalue weighted by atomic mass is 10.3. The molecule has 0 fully saturated rings. The highest BCUT2D eigenvalue weighted by Crippen LogP contribution is 2.43. The number of halogens is 4. The average molecular weight is 406 g/mol. The molecule has 0 spiro atoms. The van der Waals surface area contributed by atoms with Crippen LogP contribution < -0.4 is 14.2 Å². The highest BCUT2D eigenvalue weighted by atomic mass is 35.5. The first-order chi connectivity index (χ1) is 12.1. The van der Waals surface area contributed by atoms with Gasteiger partial charge in [0.25, 0.3) is 10.0 Å². The Morgan fingerprint density at radius 3 is 2.62 bits per heavy atom. The Morgan fingerprint density at radius 1 is 1.19 bits per heavy atom. The lowest BCUT2D eigenvalue weighted by molar-refractivity contribution is -0.286. The number of aromatic nitrogens is 2. The normalized spacial score (nSPS) is 15.4. The van der Waals surface area contributed by atoms with E-state index in [0.29, 0.717) is 6.07 Å². The topological polar surface area (TPSA) is 93.3 Å². The number of aromatic amines is 1. The van der Waals surface area contributed by atoms with Crippen LogP contribution in [0, 0.1) is 5.82 Å². The molecule has 2 aromatic heterocycles. The molecule has 0 saturated carbocycles. The molecule has 0 amide bonds. The molecule has 1 aliphatic heterocycles. The van der Waals surface area contributed by atoms with Crippen molar-refractivity contribution in [3.05, 3.63) is 41.4 Å². The number of rotatable bonds is 3. The number of H-pyrrole nitrogens is 1. The minimum absolute atomic E-state index is 0.152. The number of nitrogens with zero attached hydrogens (tertiary/aromatic N) is 1. The second-order valence-electron chi connectivity index (χ2n) is 5.23. The fourth-order valence-corrected chi connectivity index (χ4v) is 3.80. The van der Waals surface area contributed by atoms with Crippen LogP contribution in [-0.4, -0.2) is 24.7 Å². The van der Waals surface area contributed by atoms with E-state index in [1.165, 1.54) is 12.1 Å². The van der Waals surface area contributed by atoms with Crippen LogP contribution in [-0.2, 0) is 10.0 Å². The maximum atomic E-state index is 14.1. The minimum Gasteiger partial charge on any atom is -0.395 e. The summed E-state index contributed by atoms with van der Waals surface area (Å²) in [6, 6.07) is 4.18. The third-order valence-corrected chi connectivity index (χ3v) is 5.11. The van der Waals surface area contributed by atoms with Crippen LogP contribution in [0.4, 0.5) is 18.9 Å². The summed E-state index contributed by atoms with van der Waals surface area (Å²) >= 11 is 5.74. The van der Waals surface area contributed by atoms with Crippen LogP contribution in [0.25, 0.3) is 11.0 Å². The third kappa shape index (κ3) is 2.78. The van der Waals surface area contributed by atoms with E-state index in [-0.39, 0.29) is 21.1 Å². The summed E-state index contributed by atoms with van der Waals surface area (Å²) < 4.78 is 75.6. The molecule has 0 saturated heterocycles. The molecule has 0 aliphatic carbocycles. The summed E-state index contributed by atoms with van der Waals surface area (Å²) in [6.07, 6.45) is -2.80. The Morgan fingerprint density at radius 2 is 1.88 bits per heavy atom. The van der Waals surface area contributed by atoms with E-state index in [0.717, 1.165) is 12.3 Å². The van der Waals surface area contributed by atoms with Gasteiger partial charge in [-0.25, -0.2) is 17.8 Å². The van der Waals surface area contributed by atoms with Crippen LogP contribution in [0.5, 0.6) is 11.5 Å². The number of alkyl halides is 2. The Kier molecular flexibility index (Phi) is 3.50. The van der Waals surface area contributed by atoms with Crippen molar-refractivity contribution in [3.63, 3.8) is 0 Å². The molecule has 0 atom stereocenters. The molecule has 2 N–H and O–H groups in total. The van der Waals surface area contributed by atoms with Gasteiger partial charge in [-0.2, -0.15) is 0 Å². The largest absolute Gasteiger partial charge is 0.586 e. The Bertz CT molecular complexity index is 1150. The zero-order valence-corrected chi connectivity index (χ0v) is 14.0. The minimum atomic E-state index is -4.27. The van der Waals surface area contributed by atoms with Crippen LogP contribution in [0.3, 0.4) is 0 Å². The summed E-state index contributed by atoms with van der Waals surface area (Å²) in [5.74, 6) is -2.16. The van der Waals surface area contributed by atoms with Crippen LogP contribution >= 0.6 is 11.6 Å². The molecule has 3 heterocycles. The number of benzene rings is 1. The second kappa shape index (κ2) is 5.42. The number of pyridine rings is 1.